The number of aliphatic hydroxyl groups excluding tert-OH is 1. The smallest absolute Gasteiger partial charge is 0.462 e. The lowest BCUT2D eigenvalue weighted by molar-refractivity contribution is -0.161. The van der Waals surface area contributed by atoms with Gasteiger partial charge in [-0.25, -0.2) is 9.13 Å². The number of aliphatic hydroxyl groups is 1. The van der Waals surface area contributed by atoms with Crippen LogP contribution in [0.2, 0.25) is 0 Å². The third-order valence-electron chi connectivity index (χ3n) is 18.4. The maximum atomic E-state index is 13.1. The predicted molar refractivity (Wildman–Crippen MR) is 386 cm³/mol. The average molecular weight is 1400 g/mol. The van der Waals surface area contributed by atoms with E-state index in [1.165, 1.54) is 186 Å². The fourth-order valence-corrected chi connectivity index (χ4v) is 13.1. The molecule has 0 aliphatic carbocycles. The summed E-state index contributed by atoms with van der Waals surface area (Å²) in [6.07, 6.45) is 52.7. The monoisotopic (exact) mass is 1400 g/mol. The summed E-state index contributed by atoms with van der Waals surface area (Å²) < 4.78 is 68.4. The molecule has 7 atom stereocenters. The van der Waals surface area contributed by atoms with Gasteiger partial charge >= 0.3 is 39.5 Å². The summed E-state index contributed by atoms with van der Waals surface area (Å²) in [7, 11) is -9.91. The molecule has 95 heavy (non-hydrogen) atoms. The van der Waals surface area contributed by atoms with Gasteiger partial charge in [0.2, 0.25) is 0 Å². The standard InChI is InChI=1S/C76H148O17P2/c1-8-11-12-13-33-43-50-57-73(78)86-63-71(92-76(81)60-53-46-39-32-26-25-29-36-42-49-56-69(7)10-3)65-90-94(82,83)88-61-70(77)62-89-95(84,85)91-66-72(64-87-74(79)58-51-44-37-30-23-20-16-17-21-27-34-40-47-54-67(4)5)93-75(80)59-52-45-38-31-24-19-15-14-18-22-28-35-41-48-55-68(6)9-2/h67-72,77H,8-66H2,1-7H3,(H,82,83)(H,84,85)/t68?,69?,70-,71+,72+/m0/s1. The van der Waals surface area contributed by atoms with E-state index in [9.17, 15) is 43.2 Å². The molecule has 4 unspecified atom stereocenters. The Bertz CT molecular complexity index is 1860. The van der Waals surface area contributed by atoms with Crippen molar-refractivity contribution >= 4 is 39.5 Å². The van der Waals surface area contributed by atoms with Gasteiger partial charge in [-0.3, -0.25) is 37.3 Å². The molecule has 564 valence electrons. The second-order valence-electron chi connectivity index (χ2n) is 28.4. The van der Waals surface area contributed by atoms with Crippen LogP contribution in [0.3, 0.4) is 0 Å². The van der Waals surface area contributed by atoms with E-state index in [0.717, 1.165) is 120 Å². The minimum Gasteiger partial charge on any atom is -0.462 e. The van der Waals surface area contributed by atoms with Crippen LogP contribution in [0.1, 0.15) is 389 Å². The van der Waals surface area contributed by atoms with E-state index >= 15 is 0 Å². The number of esters is 4. The fraction of sp³-hybridized carbons (Fsp3) is 0.947. The van der Waals surface area contributed by atoms with Crippen molar-refractivity contribution in [3.63, 3.8) is 0 Å². The number of phosphoric acid groups is 2. The summed E-state index contributed by atoms with van der Waals surface area (Å²) in [5, 5.41) is 10.6. The highest BCUT2D eigenvalue weighted by atomic mass is 31.2. The Labute approximate surface area is 581 Å². The highest BCUT2D eigenvalue weighted by Gasteiger charge is 2.30. The molecule has 0 spiro atoms. The molecule has 17 nitrogen and oxygen atoms in total. The van der Waals surface area contributed by atoms with Crippen LogP contribution in [-0.4, -0.2) is 96.7 Å². The van der Waals surface area contributed by atoms with Crippen LogP contribution in [-0.2, 0) is 65.4 Å². The molecule has 0 heterocycles. The molecule has 0 rings (SSSR count). The molecule has 3 N–H and O–H groups in total. The Morgan fingerprint density at radius 2 is 0.537 bits per heavy atom. The van der Waals surface area contributed by atoms with Gasteiger partial charge in [-0.05, 0) is 43.4 Å². The molecule has 0 saturated carbocycles. The Hall–Kier alpha value is -1.94. The molecular formula is C76H148O17P2. The number of rotatable bonds is 74. The van der Waals surface area contributed by atoms with Crippen LogP contribution in [0.4, 0.5) is 0 Å². The second-order valence-corrected chi connectivity index (χ2v) is 31.3. The van der Waals surface area contributed by atoms with Crippen molar-refractivity contribution in [1.29, 1.82) is 0 Å². The summed E-state index contributed by atoms with van der Waals surface area (Å²) in [4.78, 5) is 72.7. The van der Waals surface area contributed by atoms with E-state index in [-0.39, 0.29) is 25.7 Å². The zero-order valence-corrected chi connectivity index (χ0v) is 63.9. The first-order valence-corrected chi connectivity index (χ1v) is 42.4. The van der Waals surface area contributed by atoms with E-state index in [0.29, 0.717) is 25.7 Å². The summed E-state index contributed by atoms with van der Waals surface area (Å²) in [6, 6.07) is 0. The highest BCUT2D eigenvalue weighted by Crippen LogP contribution is 2.45. The Balaban J connectivity index is 5.21. The molecule has 0 amide bonds. The number of carbonyl (C=O) groups excluding carboxylic acids is 4. The van der Waals surface area contributed by atoms with Crippen LogP contribution in [0.15, 0.2) is 0 Å². The largest absolute Gasteiger partial charge is 0.472 e. The van der Waals surface area contributed by atoms with E-state index in [1.54, 1.807) is 0 Å². The highest BCUT2D eigenvalue weighted by molar-refractivity contribution is 7.47. The van der Waals surface area contributed by atoms with Crippen molar-refractivity contribution in [3.05, 3.63) is 0 Å². The van der Waals surface area contributed by atoms with Crippen molar-refractivity contribution in [2.24, 2.45) is 17.8 Å². The molecule has 0 radical (unpaired) electrons. The third-order valence-corrected chi connectivity index (χ3v) is 20.3. The van der Waals surface area contributed by atoms with Crippen LogP contribution in [0.5, 0.6) is 0 Å². The van der Waals surface area contributed by atoms with Crippen molar-refractivity contribution in [2.75, 3.05) is 39.6 Å². The molecule has 0 aliphatic rings. The van der Waals surface area contributed by atoms with Crippen LogP contribution in [0, 0.1) is 17.8 Å². The average Bonchev–Trinajstić information content (AvgIpc) is 2.34. The number of hydrogen-bond donors (Lipinski definition) is 3. The van der Waals surface area contributed by atoms with Gasteiger partial charge in [-0.15, -0.1) is 0 Å². The lowest BCUT2D eigenvalue weighted by atomic mass is 9.99. The van der Waals surface area contributed by atoms with Crippen LogP contribution in [0.25, 0.3) is 0 Å². The van der Waals surface area contributed by atoms with E-state index in [4.69, 9.17) is 37.0 Å². The summed E-state index contributed by atoms with van der Waals surface area (Å²) >= 11 is 0. The number of unbranched alkanes of at least 4 members (excludes halogenated alkanes) is 40. The Morgan fingerprint density at radius 3 is 0.800 bits per heavy atom. The summed E-state index contributed by atoms with van der Waals surface area (Å²) in [5.41, 5.74) is 0. The minimum atomic E-state index is -4.96. The topological polar surface area (TPSA) is 237 Å². The normalized spacial score (nSPS) is 14.6. The molecule has 0 aromatic heterocycles. The van der Waals surface area contributed by atoms with Crippen LogP contribution >= 0.6 is 15.6 Å². The Morgan fingerprint density at radius 1 is 0.305 bits per heavy atom. The van der Waals surface area contributed by atoms with E-state index in [1.807, 2.05) is 0 Å². The molecule has 0 aromatic carbocycles. The molecule has 0 aliphatic heterocycles. The van der Waals surface area contributed by atoms with Crippen molar-refractivity contribution in [1.82, 2.24) is 0 Å². The van der Waals surface area contributed by atoms with Gasteiger partial charge in [0.05, 0.1) is 26.4 Å². The number of hydrogen-bond acceptors (Lipinski definition) is 15. The van der Waals surface area contributed by atoms with Gasteiger partial charge in [-0.1, -0.05) is 337 Å². The predicted octanol–water partition coefficient (Wildman–Crippen LogP) is 22.2. The quantitative estimate of drug-likeness (QED) is 0.0222. The maximum absolute atomic E-state index is 13.1. The van der Waals surface area contributed by atoms with Crippen molar-refractivity contribution in [2.45, 2.75) is 407 Å². The van der Waals surface area contributed by atoms with Gasteiger partial charge in [0.25, 0.3) is 0 Å². The van der Waals surface area contributed by atoms with E-state index in [2.05, 4.69) is 48.5 Å². The molecule has 0 aromatic rings. The van der Waals surface area contributed by atoms with Gasteiger partial charge < -0.3 is 33.8 Å². The van der Waals surface area contributed by atoms with Crippen molar-refractivity contribution in [3.8, 4) is 0 Å². The van der Waals surface area contributed by atoms with Crippen LogP contribution < -0.4 is 0 Å². The van der Waals surface area contributed by atoms with Crippen molar-refractivity contribution < 1.29 is 80.2 Å². The molecule has 19 heteroatoms. The first kappa shape index (κ1) is 93.1. The molecule has 0 bridgehead atoms. The fourth-order valence-electron chi connectivity index (χ4n) is 11.5. The first-order valence-electron chi connectivity index (χ1n) is 39.4. The summed E-state index contributed by atoms with van der Waals surface area (Å²) in [6.45, 7) is 12.0. The van der Waals surface area contributed by atoms with Gasteiger partial charge in [0, 0.05) is 25.7 Å². The zero-order chi connectivity index (χ0) is 70.1. The minimum absolute atomic E-state index is 0.106. The van der Waals surface area contributed by atoms with E-state index < -0.39 is 97.5 Å². The SMILES string of the molecule is CCCCCCCCCC(=O)OC[C@H](COP(=O)(O)OC[C@H](O)COP(=O)(O)OC[C@@H](COC(=O)CCCCCCCCCCCCCCCC(C)C)OC(=O)CCCCCCCCCCCCCCCCC(C)CC)OC(=O)CCCCCCCCCCCCC(C)CC. The number of carbonyl (C=O) groups is 4. The second kappa shape index (κ2) is 66.6. The first-order chi connectivity index (χ1) is 45.8. The zero-order valence-electron chi connectivity index (χ0n) is 62.1. The lowest BCUT2D eigenvalue weighted by Gasteiger charge is -2.21. The molecule has 0 saturated heterocycles. The molecular weight excluding hydrogens is 1250 g/mol. The number of ether oxygens (including phenoxy) is 4. The summed E-state index contributed by atoms with van der Waals surface area (Å²) in [5.74, 6) is 0.319. The lowest BCUT2D eigenvalue weighted by Crippen LogP contribution is -2.30. The third kappa shape index (κ3) is 67.6. The number of phosphoric ester groups is 2. The Kier molecular flexibility index (Phi) is 65.2. The molecule has 0 fully saturated rings. The van der Waals surface area contributed by atoms with Gasteiger partial charge in [0.15, 0.2) is 12.2 Å². The maximum Gasteiger partial charge on any atom is 0.472 e. The van der Waals surface area contributed by atoms with Gasteiger partial charge in [0.1, 0.15) is 19.3 Å². The van der Waals surface area contributed by atoms with Gasteiger partial charge in [-0.2, -0.15) is 0 Å².